The number of hydrogen-bond acceptors (Lipinski definition) is 3. The number of nitrogens with zero attached hydrogens (tertiary/aromatic N) is 4. The highest BCUT2D eigenvalue weighted by Crippen LogP contribution is 2.20. The van der Waals surface area contributed by atoms with Gasteiger partial charge in [0.1, 0.15) is 0 Å². The van der Waals surface area contributed by atoms with Crippen molar-refractivity contribution in [2.75, 3.05) is 0 Å². The maximum Gasteiger partial charge on any atom is 0.347 e. The van der Waals surface area contributed by atoms with Crippen LogP contribution >= 0.6 is 11.6 Å². The van der Waals surface area contributed by atoms with Gasteiger partial charge in [-0.3, -0.25) is 9.25 Å². The molecule has 0 aromatic carbocycles. The molecule has 0 radical (unpaired) electrons. The molecular weight excluding hydrogens is 240 g/mol. The summed E-state index contributed by atoms with van der Waals surface area (Å²) in [5.41, 5.74) is 1.33. The van der Waals surface area contributed by atoms with Gasteiger partial charge in [-0.25, -0.2) is 9.78 Å². The van der Waals surface area contributed by atoms with E-state index in [4.69, 9.17) is 11.6 Å². The van der Waals surface area contributed by atoms with Gasteiger partial charge in [0.05, 0.1) is 23.0 Å². The number of rotatable bonds is 3. The van der Waals surface area contributed by atoms with Crippen LogP contribution in [0.3, 0.4) is 0 Å². The molecule has 5 nitrogen and oxygen atoms in total. The van der Waals surface area contributed by atoms with Crippen LogP contribution in [0.1, 0.15) is 18.3 Å². The van der Waals surface area contributed by atoms with Gasteiger partial charge in [-0.05, 0) is 19.9 Å². The Hall–Kier alpha value is -1.62. The van der Waals surface area contributed by atoms with Crippen LogP contribution in [-0.4, -0.2) is 19.3 Å². The minimum Gasteiger partial charge on any atom is -0.293 e. The summed E-state index contributed by atoms with van der Waals surface area (Å²) >= 11 is 6.18. The molecule has 0 aliphatic rings. The Morgan fingerprint density at radius 1 is 1.47 bits per heavy atom. The maximum atomic E-state index is 11.5. The van der Waals surface area contributed by atoms with E-state index in [0.29, 0.717) is 11.6 Å². The summed E-state index contributed by atoms with van der Waals surface area (Å²) in [5, 5.41) is 4.92. The molecule has 2 aromatic rings. The second kappa shape index (κ2) is 4.71. The normalized spacial score (nSPS) is 10.8. The average Bonchev–Trinajstić information content (AvgIpc) is 2.59. The molecule has 0 aliphatic heterocycles. The first kappa shape index (κ1) is 11.9. The van der Waals surface area contributed by atoms with E-state index in [9.17, 15) is 4.79 Å². The van der Waals surface area contributed by atoms with Crippen molar-refractivity contribution in [2.24, 2.45) is 0 Å². The molecular formula is C11H13ClN4O. The minimum absolute atomic E-state index is 0.287. The second-order valence-corrected chi connectivity index (χ2v) is 4.07. The van der Waals surface area contributed by atoms with Crippen molar-refractivity contribution in [1.82, 2.24) is 19.3 Å². The van der Waals surface area contributed by atoms with Crippen LogP contribution in [0.5, 0.6) is 0 Å². The van der Waals surface area contributed by atoms with Crippen molar-refractivity contribution in [2.45, 2.75) is 26.9 Å². The van der Waals surface area contributed by atoms with Crippen LogP contribution in [0, 0.1) is 6.92 Å². The van der Waals surface area contributed by atoms with Crippen LogP contribution in [0.25, 0.3) is 0 Å². The van der Waals surface area contributed by atoms with E-state index >= 15 is 0 Å². The Balaban J connectivity index is 2.43. The van der Waals surface area contributed by atoms with Crippen LogP contribution in [0.15, 0.2) is 23.3 Å². The highest BCUT2D eigenvalue weighted by molar-refractivity contribution is 6.31. The lowest BCUT2D eigenvalue weighted by Crippen LogP contribution is -2.23. The summed E-state index contributed by atoms with van der Waals surface area (Å²) in [6.07, 6.45) is 3.16. The highest BCUT2D eigenvalue weighted by atomic mass is 35.5. The number of halogens is 1. The van der Waals surface area contributed by atoms with Crippen LogP contribution < -0.4 is 5.69 Å². The van der Waals surface area contributed by atoms with Gasteiger partial charge in [0.2, 0.25) is 0 Å². The van der Waals surface area contributed by atoms with E-state index in [2.05, 4.69) is 10.1 Å². The summed E-state index contributed by atoms with van der Waals surface area (Å²) < 4.78 is 3.31. The molecule has 0 fully saturated rings. The molecule has 0 saturated carbocycles. The van der Waals surface area contributed by atoms with Gasteiger partial charge in [0.25, 0.3) is 0 Å². The van der Waals surface area contributed by atoms with Gasteiger partial charge in [0, 0.05) is 18.9 Å². The molecule has 90 valence electrons. The zero-order chi connectivity index (χ0) is 12.4. The van der Waals surface area contributed by atoms with Crippen LogP contribution in [0.4, 0.5) is 0 Å². The molecule has 2 aromatic heterocycles. The first-order chi connectivity index (χ1) is 8.13. The van der Waals surface area contributed by atoms with Crippen molar-refractivity contribution in [3.63, 3.8) is 0 Å². The lowest BCUT2D eigenvalue weighted by Gasteiger charge is -2.07. The zero-order valence-corrected chi connectivity index (χ0v) is 10.5. The summed E-state index contributed by atoms with van der Waals surface area (Å²) in [4.78, 5) is 15.2. The third-order valence-corrected chi connectivity index (χ3v) is 3.05. The Kier molecular flexibility index (Phi) is 3.28. The molecule has 0 saturated heterocycles. The first-order valence-electron chi connectivity index (χ1n) is 5.36. The van der Waals surface area contributed by atoms with Gasteiger partial charge in [-0.15, -0.1) is 0 Å². The van der Waals surface area contributed by atoms with Crippen molar-refractivity contribution < 1.29 is 0 Å². The molecule has 0 N–H and O–H groups in total. The fourth-order valence-electron chi connectivity index (χ4n) is 1.69. The van der Waals surface area contributed by atoms with E-state index in [0.717, 1.165) is 17.9 Å². The molecule has 17 heavy (non-hydrogen) atoms. The summed E-state index contributed by atoms with van der Waals surface area (Å²) in [5.74, 6) is 0. The van der Waals surface area contributed by atoms with Crippen LogP contribution in [-0.2, 0) is 13.1 Å². The Morgan fingerprint density at radius 2 is 2.24 bits per heavy atom. The number of aromatic nitrogens is 4. The maximum absolute atomic E-state index is 11.5. The van der Waals surface area contributed by atoms with E-state index in [1.54, 1.807) is 16.9 Å². The highest BCUT2D eigenvalue weighted by Gasteiger charge is 2.13. The van der Waals surface area contributed by atoms with Gasteiger partial charge in [0.15, 0.2) is 0 Å². The Morgan fingerprint density at radius 3 is 2.88 bits per heavy atom. The zero-order valence-electron chi connectivity index (χ0n) is 9.72. The van der Waals surface area contributed by atoms with Gasteiger partial charge in [-0.1, -0.05) is 11.6 Å². The molecule has 0 atom stereocenters. The topological polar surface area (TPSA) is 52.7 Å². The number of aryl methyl sites for hydroxylation is 2. The van der Waals surface area contributed by atoms with Crippen molar-refractivity contribution in [3.05, 3.63) is 45.4 Å². The standard InChI is InChI=1S/C11H13ClN4O/c1-3-16-9(10(12)8(2)14-16)7-15-6-4-5-13-11(15)17/h4-6H,3,7H2,1-2H3. The fraction of sp³-hybridized carbons (Fsp3) is 0.364. The lowest BCUT2D eigenvalue weighted by atomic mass is 10.3. The summed E-state index contributed by atoms with van der Waals surface area (Å²) in [7, 11) is 0. The Bertz CT molecular complexity index is 587. The molecule has 0 spiro atoms. The van der Waals surface area contributed by atoms with Gasteiger partial charge in [-0.2, -0.15) is 5.10 Å². The predicted octanol–water partition coefficient (Wildman–Crippen LogP) is 1.47. The van der Waals surface area contributed by atoms with Crippen molar-refractivity contribution in [3.8, 4) is 0 Å². The quantitative estimate of drug-likeness (QED) is 0.831. The van der Waals surface area contributed by atoms with Crippen molar-refractivity contribution in [1.29, 1.82) is 0 Å². The van der Waals surface area contributed by atoms with E-state index in [-0.39, 0.29) is 5.69 Å². The Labute approximate surface area is 104 Å². The molecule has 0 amide bonds. The average molecular weight is 253 g/mol. The molecule has 2 heterocycles. The smallest absolute Gasteiger partial charge is 0.293 e. The minimum atomic E-state index is -0.287. The predicted molar refractivity (Wildman–Crippen MR) is 65.2 cm³/mol. The fourth-order valence-corrected chi connectivity index (χ4v) is 1.88. The van der Waals surface area contributed by atoms with Crippen molar-refractivity contribution >= 4 is 11.6 Å². The third kappa shape index (κ3) is 2.24. The van der Waals surface area contributed by atoms with E-state index < -0.39 is 0 Å². The third-order valence-electron chi connectivity index (χ3n) is 2.56. The molecule has 0 bridgehead atoms. The van der Waals surface area contributed by atoms with Gasteiger partial charge < -0.3 is 0 Å². The van der Waals surface area contributed by atoms with E-state index in [1.165, 1.54) is 10.8 Å². The lowest BCUT2D eigenvalue weighted by molar-refractivity contribution is 0.587. The van der Waals surface area contributed by atoms with Gasteiger partial charge >= 0.3 is 5.69 Å². The molecule has 6 heteroatoms. The van der Waals surface area contributed by atoms with Crippen LogP contribution in [0.2, 0.25) is 5.02 Å². The molecule has 0 unspecified atom stereocenters. The second-order valence-electron chi connectivity index (χ2n) is 3.69. The monoisotopic (exact) mass is 252 g/mol. The number of hydrogen-bond donors (Lipinski definition) is 0. The first-order valence-corrected chi connectivity index (χ1v) is 5.74. The summed E-state index contributed by atoms with van der Waals surface area (Å²) in [6.45, 7) is 4.94. The molecule has 0 aliphatic carbocycles. The summed E-state index contributed by atoms with van der Waals surface area (Å²) in [6, 6.07) is 1.72. The molecule has 2 rings (SSSR count). The SMILES string of the molecule is CCn1nc(C)c(Cl)c1Cn1cccnc1=O. The largest absolute Gasteiger partial charge is 0.347 e. The van der Waals surface area contributed by atoms with E-state index in [1.807, 2.05) is 13.8 Å².